The molecule has 0 spiro atoms. The van der Waals surface area contributed by atoms with Crippen LogP contribution < -0.4 is 5.56 Å². The van der Waals surface area contributed by atoms with Gasteiger partial charge in [-0.15, -0.1) is 0 Å². The van der Waals surface area contributed by atoms with E-state index in [0.29, 0.717) is 12.2 Å². The second kappa shape index (κ2) is 6.19. The maximum absolute atomic E-state index is 12.5. The summed E-state index contributed by atoms with van der Waals surface area (Å²) in [5, 5.41) is 0. The molecule has 2 aromatic heterocycles. The van der Waals surface area contributed by atoms with Gasteiger partial charge in [-0.1, -0.05) is 13.0 Å². The van der Waals surface area contributed by atoms with Gasteiger partial charge in [-0.3, -0.25) is 9.78 Å². The van der Waals surface area contributed by atoms with Crippen LogP contribution in [0.5, 0.6) is 0 Å². The number of pyridine rings is 2. The highest BCUT2D eigenvalue weighted by atomic mass is 32.2. The highest BCUT2D eigenvalue weighted by Crippen LogP contribution is 2.16. The summed E-state index contributed by atoms with van der Waals surface area (Å²) in [5.41, 5.74) is 1.19. The summed E-state index contributed by atoms with van der Waals surface area (Å²) in [5.74, 6) is 0. The number of aromatic nitrogens is 2. The van der Waals surface area contributed by atoms with Gasteiger partial charge in [0.15, 0.2) is 0 Å². The Morgan fingerprint density at radius 2 is 2.00 bits per heavy atom. The molecule has 7 heteroatoms. The molecule has 0 amide bonds. The Morgan fingerprint density at radius 3 is 2.57 bits per heavy atom. The molecular formula is C14H17N3O3S. The second-order valence-electron chi connectivity index (χ2n) is 4.59. The maximum Gasteiger partial charge on any atom is 0.247 e. The van der Waals surface area contributed by atoms with Crippen molar-refractivity contribution in [2.24, 2.45) is 0 Å². The molecule has 0 bridgehead atoms. The van der Waals surface area contributed by atoms with E-state index in [4.69, 9.17) is 0 Å². The van der Waals surface area contributed by atoms with Crippen molar-refractivity contribution in [2.45, 2.75) is 25.3 Å². The minimum absolute atomic E-state index is 0.0663. The summed E-state index contributed by atoms with van der Waals surface area (Å²) in [6, 6.07) is 8.00. The second-order valence-corrected chi connectivity index (χ2v) is 6.53. The standard InChI is InChI=1S/C14H17N3O3S/c1-3-17(10-12-6-4-5-11(2)16-12)21(19,20)13-7-8-14(18)15-9-13/h4-9H,3,10H2,1-2H3,(H,15,18). The molecule has 2 aromatic rings. The molecule has 6 nitrogen and oxygen atoms in total. The zero-order chi connectivity index (χ0) is 15.5. The van der Waals surface area contributed by atoms with Crippen LogP contribution in [0.4, 0.5) is 0 Å². The van der Waals surface area contributed by atoms with Gasteiger partial charge in [-0.05, 0) is 25.1 Å². The van der Waals surface area contributed by atoms with E-state index in [2.05, 4.69) is 9.97 Å². The average molecular weight is 307 g/mol. The number of nitrogens with one attached hydrogen (secondary N) is 1. The summed E-state index contributed by atoms with van der Waals surface area (Å²) in [6.07, 6.45) is 1.21. The predicted molar refractivity (Wildman–Crippen MR) is 79.3 cm³/mol. The molecule has 21 heavy (non-hydrogen) atoms. The topological polar surface area (TPSA) is 83.1 Å². The first-order chi connectivity index (χ1) is 9.93. The molecule has 0 radical (unpaired) electrons. The van der Waals surface area contributed by atoms with Crippen LogP contribution in [-0.2, 0) is 16.6 Å². The SMILES string of the molecule is CCN(Cc1cccc(C)n1)S(=O)(=O)c1ccc(=O)[nH]c1. The Bertz CT molecular complexity index is 764. The molecule has 0 atom stereocenters. The Morgan fingerprint density at radius 1 is 1.24 bits per heavy atom. The molecule has 0 saturated carbocycles. The average Bonchev–Trinajstić information content (AvgIpc) is 2.45. The molecule has 0 aliphatic rings. The van der Waals surface area contributed by atoms with E-state index in [1.54, 1.807) is 13.0 Å². The third-order valence-electron chi connectivity index (χ3n) is 3.03. The van der Waals surface area contributed by atoms with E-state index in [9.17, 15) is 13.2 Å². The van der Waals surface area contributed by atoms with Crippen LogP contribution in [0, 0.1) is 6.92 Å². The van der Waals surface area contributed by atoms with Crippen molar-refractivity contribution >= 4 is 10.0 Å². The first kappa shape index (κ1) is 15.4. The van der Waals surface area contributed by atoms with Crippen molar-refractivity contribution in [3.8, 4) is 0 Å². The lowest BCUT2D eigenvalue weighted by molar-refractivity contribution is 0.418. The number of aryl methyl sites for hydroxylation is 1. The third-order valence-corrected chi connectivity index (χ3v) is 4.95. The molecule has 0 unspecified atom stereocenters. The summed E-state index contributed by atoms with van der Waals surface area (Å²) in [6.45, 7) is 4.13. The zero-order valence-corrected chi connectivity index (χ0v) is 12.7. The highest BCUT2D eigenvalue weighted by molar-refractivity contribution is 7.89. The van der Waals surface area contributed by atoms with Gasteiger partial charge in [-0.25, -0.2) is 8.42 Å². The predicted octanol–water partition coefficient (Wildman–Crippen LogP) is 1.29. The van der Waals surface area contributed by atoms with E-state index >= 15 is 0 Å². The molecule has 2 heterocycles. The minimum atomic E-state index is -3.66. The Hall–Kier alpha value is -1.99. The minimum Gasteiger partial charge on any atom is -0.328 e. The lowest BCUT2D eigenvalue weighted by Crippen LogP contribution is -2.31. The van der Waals surface area contributed by atoms with Crippen molar-refractivity contribution in [1.82, 2.24) is 14.3 Å². The first-order valence-corrected chi connectivity index (χ1v) is 7.99. The quantitative estimate of drug-likeness (QED) is 0.902. The van der Waals surface area contributed by atoms with Crippen LogP contribution in [0.15, 0.2) is 46.2 Å². The highest BCUT2D eigenvalue weighted by Gasteiger charge is 2.23. The largest absolute Gasteiger partial charge is 0.328 e. The number of H-pyrrole nitrogens is 1. The molecule has 0 fully saturated rings. The van der Waals surface area contributed by atoms with Crippen molar-refractivity contribution in [3.05, 3.63) is 58.3 Å². The summed E-state index contributed by atoms with van der Waals surface area (Å²) >= 11 is 0. The third kappa shape index (κ3) is 3.56. The van der Waals surface area contributed by atoms with Gasteiger partial charge in [0.05, 0.1) is 17.1 Å². The van der Waals surface area contributed by atoms with Gasteiger partial charge < -0.3 is 4.98 Å². The van der Waals surface area contributed by atoms with Gasteiger partial charge in [0.2, 0.25) is 15.6 Å². The van der Waals surface area contributed by atoms with Crippen molar-refractivity contribution < 1.29 is 8.42 Å². The summed E-state index contributed by atoms with van der Waals surface area (Å²) < 4.78 is 26.4. The number of aromatic amines is 1. The molecular weight excluding hydrogens is 290 g/mol. The van der Waals surface area contributed by atoms with Crippen molar-refractivity contribution in [3.63, 3.8) is 0 Å². The number of nitrogens with zero attached hydrogens (tertiary/aromatic N) is 2. The fourth-order valence-corrected chi connectivity index (χ4v) is 3.33. The van der Waals surface area contributed by atoms with Gasteiger partial charge in [-0.2, -0.15) is 4.31 Å². The van der Waals surface area contributed by atoms with Crippen LogP contribution in [0.2, 0.25) is 0 Å². The maximum atomic E-state index is 12.5. The molecule has 0 aliphatic carbocycles. The van der Waals surface area contributed by atoms with Crippen LogP contribution >= 0.6 is 0 Å². The molecule has 0 saturated heterocycles. The fraction of sp³-hybridized carbons (Fsp3) is 0.286. The van der Waals surface area contributed by atoms with Crippen LogP contribution in [-0.4, -0.2) is 29.2 Å². The van der Waals surface area contributed by atoms with Crippen LogP contribution in [0.25, 0.3) is 0 Å². The Kier molecular flexibility index (Phi) is 4.54. The van der Waals surface area contributed by atoms with Crippen LogP contribution in [0.3, 0.4) is 0 Å². The van der Waals surface area contributed by atoms with E-state index < -0.39 is 10.0 Å². The van der Waals surface area contributed by atoms with E-state index in [0.717, 1.165) is 5.69 Å². The van der Waals surface area contributed by atoms with Gasteiger partial charge in [0.1, 0.15) is 0 Å². The summed E-state index contributed by atoms with van der Waals surface area (Å²) in [7, 11) is -3.66. The van der Waals surface area contributed by atoms with E-state index in [1.807, 2.05) is 19.1 Å². The zero-order valence-electron chi connectivity index (χ0n) is 11.9. The first-order valence-electron chi connectivity index (χ1n) is 6.55. The smallest absolute Gasteiger partial charge is 0.247 e. The Labute approximate surface area is 123 Å². The lowest BCUT2D eigenvalue weighted by Gasteiger charge is -2.20. The van der Waals surface area contributed by atoms with E-state index in [1.165, 1.54) is 22.6 Å². The lowest BCUT2D eigenvalue weighted by atomic mass is 10.3. The number of sulfonamides is 1. The number of rotatable bonds is 5. The molecule has 1 N–H and O–H groups in total. The molecule has 0 aliphatic heterocycles. The normalized spacial score (nSPS) is 11.8. The molecule has 112 valence electrons. The van der Waals surface area contributed by atoms with E-state index in [-0.39, 0.29) is 17.0 Å². The fourth-order valence-electron chi connectivity index (χ4n) is 1.94. The monoisotopic (exact) mass is 307 g/mol. The van der Waals surface area contributed by atoms with Gasteiger partial charge in [0.25, 0.3) is 0 Å². The molecule has 2 rings (SSSR count). The number of hydrogen-bond donors (Lipinski definition) is 1. The Balaban J connectivity index is 2.31. The van der Waals surface area contributed by atoms with Crippen molar-refractivity contribution in [1.29, 1.82) is 0 Å². The van der Waals surface area contributed by atoms with Crippen molar-refractivity contribution in [2.75, 3.05) is 6.54 Å². The van der Waals surface area contributed by atoms with Gasteiger partial charge in [0, 0.05) is 24.5 Å². The molecule has 0 aromatic carbocycles. The number of hydrogen-bond acceptors (Lipinski definition) is 4. The van der Waals surface area contributed by atoms with Gasteiger partial charge >= 0.3 is 0 Å². The summed E-state index contributed by atoms with van der Waals surface area (Å²) in [4.78, 5) is 17.8. The van der Waals surface area contributed by atoms with Crippen LogP contribution in [0.1, 0.15) is 18.3 Å².